The SMILES string of the molecule is CN=C(NCCc1ccc(OC)cc1Cl)NCC(C)(C)NS(C)(=O)=O. The summed E-state index contributed by atoms with van der Waals surface area (Å²) in [6, 6.07) is 5.58. The van der Waals surface area contributed by atoms with Crippen molar-refractivity contribution in [2.45, 2.75) is 25.8 Å². The Bertz CT molecular complexity index is 705. The van der Waals surface area contributed by atoms with Crippen LogP contribution >= 0.6 is 11.6 Å². The van der Waals surface area contributed by atoms with Crippen LogP contribution in [-0.4, -0.2) is 53.4 Å². The van der Waals surface area contributed by atoms with Crippen molar-refractivity contribution in [3.63, 3.8) is 0 Å². The van der Waals surface area contributed by atoms with Gasteiger partial charge in [0.1, 0.15) is 5.75 Å². The highest BCUT2D eigenvalue weighted by Crippen LogP contribution is 2.22. The van der Waals surface area contributed by atoms with E-state index in [0.29, 0.717) is 30.5 Å². The van der Waals surface area contributed by atoms with Crippen LogP contribution in [0.1, 0.15) is 19.4 Å². The standard InChI is InChI=1S/C16H27ClN4O3S/c1-16(2,21-25(5,22)23)11-20-15(18-3)19-9-8-12-6-7-13(24-4)10-14(12)17/h6-7,10,21H,8-9,11H2,1-5H3,(H2,18,19,20). The lowest BCUT2D eigenvalue weighted by Gasteiger charge is -2.26. The third kappa shape index (κ3) is 8.42. The minimum Gasteiger partial charge on any atom is -0.497 e. The average Bonchev–Trinajstić information content (AvgIpc) is 2.49. The molecule has 0 heterocycles. The molecule has 9 heteroatoms. The van der Waals surface area contributed by atoms with Crippen molar-refractivity contribution in [3.05, 3.63) is 28.8 Å². The first-order chi connectivity index (χ1) is 11.6. The van der Waals surface area contributed by atoms with Gasteiger partial charge in [0, 0.05) is 30.7 Å². The maximum atomic E-state index is 11.4. The van der Waals surface area contributed by atoms with Gasteiger partial charge in [0.2, 0.25) is 10.0 Å². The first kappa shape index (κ1) is 21.5. The molecule has 1 aromatic rings. The van der Waals surface area contributed by atoms with Crippen LogP contribution in [0.3, 0.4) is 0 Å². The van der Waals surface area contributed by atoms with Crippen LogP contribution in [0, 0.1) is 0 Å². The van der Waals surface area contributed by atoms with Gasteiger partial charge in [-0.2, -0.15) is 0 Å². The van der Waals surface area contributed by atoms with Gasteiger partial charge in [-0.15, -0.1) is 0 Å². The predicted molar refractivity (Wildman–Crippen MR) is 103 cm³/mol. The fourth-order valence-corrected chi connectivity index (χ4v) is 3.58. The molecule has 25 heavy (non-hydrogen) atoms. The molecule has 0 aliphatic rings. The summed E-state index contributed by atoms with van der Waals surface area (Å²) < 4.78 is 30.4. The monoisotopic (exact) mass is 390 g/mol. The van der Waals surface area contributed by atoms with Gasteiger partial charge in [-0.1, -0.05) is 17.7 Å². The van der Waals surface area contributed by atoms with Crippen molar-refractivity contribution in [1.82, 2.24) is 15.4 Å². The van der Waals surface area contributed by atoms with E-state index in [1.54, 1.807) is 34.1 Å². The zero-order valence-corrected chi connectivity index (χ0v) is 16.9. The van der Waals surface area contributed by atoms with E-state index in [4.69, 9.17) is 16.3 Å². The second kappa shape index (κ2) is 9.26. The molecule has 0 amide bonds. The van der Waals surface area contributed by atoms with Crippen LogP contribution in [0.2, 0.25) is 5.02 Å². The van der Waals surface area contributed by atoms with Gasteiger partial charge in [0.15, 0.2) is 5.96 Å². The topological polar surface area (TPSA) is 91.8 Å². The second-order valence-electron chi connectivity index (χ2n) is 6.32. The Balaban J connectivity index is 2.50. The third-order valence-electron chi connectivity index (χ3n) is 3.33. The summed E-state index contributed by atoms with van der Waals surface area (Å²) in [6.45, 7) is 4.62. The number of nitrogens with one attached hydrogen (secondary N) is 3. The van der Waals surface area contributed by atoms with Crippen molar-refractivity contribution < 1.29 is 13.2 Å². The van der Waals surface area contributed by atoms with Gasteiger partial charge >= 0.3 is 0 Å². The molecule has 7 nitrogen and oxygen atoms in total. The molecule has 0 radical (unpaired) electrons. The molecule has 1 rings (SSSR count). The molecule has 0 spiro atoms. The Kier molecular flexibility index (Phi) is 7.98. The zero-order valence-electron chi connectivity index (χ0n) is 15.3. The lowest BCUT2D eigenvalue weighted by atomic mass is 10.1. The van der Waals surface area contributed by atoms with E-state index in [1.807, 2.05) is 12.1 Å². The predicted octanol–water partition coefficient (Wildman–Crippen LogP) is 1.38. The maximum Gasteiger partial charge on any atom is 0.209 e. The number of methoxy groups -OCH3 is 1. The molecule has 0 aliphatic heterocycles. The third-order valence-corrected chi connectivity index (χ3v) is 4.61. The number of nitrogens with zero attached hydrogens (tertiary/aromatic N) is 1. The largest absolute Gasteiger partial charge is 0.497 e. The molecule has 0 saturated carbocycles. The Hall–Kier alpha value is -1.51. The quantitative estimate of drug-likeness (QED) is 0.460. The molecule has 3 N–H and O–H groups in total. The van der Waals surface area contributed by atoms with Gasteiger partial charge in [-0.05, 0) is 38.0 Å². The minimum absolute atomic E-state index is 0.392. The fraction of sp³-hybridized carbons (Fsp3) is 0.562. The van der Waals surface area contributed by atoms with Crippen LogP contribution in [0.5, 0.6) is 5.75 Å². The molecule has 0 fully saturated rings. The first-order valence-electron chi connectivity index (χ1n) is 7.82. The van der Waals surface area contributed by atoms with Gasteiger partial charge < -0.3 is 15.4 Å². The Morgan fingerprint density at radius 1 is 1.32 bits per heavy atom. The van der Waals surface area contributed by atoms with Crippen LogP contribution in [0.25, 0.3) is 0 Å². The van der Waals surface area contributed by atoms with E-state index in [9.17, 15) is 8.42 Å². The molecule has 0 unspecified atom stereocenters. The van der Waals surface area contributed by atoms with Crippen molar-refractivity contribution in [2.24, 2.45) is 4.99 Å². The average molecular weight is 391 g/mol. The molecule has 1 aromatic carbocycles. The number of guanidine groups is 1. The molecule has 0 aliphatic carbocycles. The van der Waals surface area contributed by atoms with Crippen LogP contribution in [0.15, 0.2) is 23.2 Å². The lowest BCUT2D eigenvalue weighted by Crippen LogP contribution is -2.53. The fourth-order valence-electron chi connectivity index (χ4n) is 2.24. The van der Waals surface area contributed by atoms with Crippen LogP contribution in [0.4, 0.5) is 0 Å². The normalized spacial score (nSPS) is 12.8. The first-order valence-corrected chi connectivity index (χ1v) is 10.1. The number of halogens is 1. The number of aliphatic imine (C=N–C) groups is 1. The summed E-state index contributed by atoms with van der Waals surface area (Å²) in [5, 5.41) is 6.95. The highest BCUT2D eigenvalue weighted by Gasteiger charge is 2.22. The maximum absolute atomic E-state index is 11.4. The highest BCUT2D eigenvalue weighted by atomic mass is 35.5. The molecule has 142 valence electrons. The highest BCUT2D eigenvalue weighted by molar-refractivity contribution is 7.88. The summed E-state index contributed by atoms with van der Waals surface area (Å²) in [5.41, 5.74) is 0.370. The zero-order chi connectivity index (χ0) is 19.1. The molecular formula is C16H27ClN4O3S. The molecule has 0 bridgehead atoms. The Morgan fingerprint density at radius 2 is 2.00 bits per heavy atom. The summed E-state index contributed by atoms with van der Waals surface area (Å²) in [5.74, 6) is 1.31. The number of hydrogen-bond donors (Lipinski definition) is 3. The molecule has 0 aromatic heterocycles. The van der Waals surface area contributed by atoms with E-state index in [-0.39, 0.29) is 0 Å². The summed E-state index contributed by atoms with van der Waals surface area (Å²) >= 11 is 6.22. The van der Waals surface area contributed by atoms with Crippen molar-refractivity contribution in [1.29, 1.82) is 0 Å². The smallest absolute Gasteiger partial charge is 0.209 e. The number of rotatable bonds is 8. The number of hydrogen-bond acceptors (Lipinski definition) is 4. The Morgan fingerprint density at radius 3 is 2.52 bits per heavy atom. The number of ether oxygens (including phenoxy) is 1. The minimum atomic E-state index is -3.28. The van der Waals surface area contributed by atoms with Gasteiger partial charge in [-0.3, -0.25) is 4.99 Å². The lowest BCUT2D eigenvalue weighted by molar-refractivity contribution is 0.414. The molecule has 0 saturated heterocycles. The summed E-state index contributed by atoms with van der Waals surface area (Å²) in [4.78, 5) is 4.13. The van der Waals surface area contributed by atoms with E-state index in [1.165, 1.54) is 0 Å². The summed E-state index contributed by atoms with van der Waals surface area (Å²) in [6.07, 6.45) is 1.86. The van der Waals surface area contributed by atoms with E-state index in [2.05, 4.69) is 20.3 Å². The van der Waals surface area contributed by atoms with Crippen molar-refractivity contribution in [3.8, 4) is 5.75 Å². The van der Waals surface area contributed by atoms with E-state index in [0.717, 1.165) is 17.6 Å². The second-order valence-corrected chi connectivity index (χ2v) is 8.47. The van der Waals surface area contributed by atoms with Gasteiger partial charge in [0.25, 0.3) is 0 Å². The molecular weight excluding hydrogens is 364 g/mol. The van der Waals surface area contributed by atoms with Crippen molar-refractivity contribution in [2.75, 3.05) is 33.5 Å². The van der Waals surface area contributed by atoms with E-state index < -0.39 is 15.6 Å². The molecule has 0 atom stereocenters. The van der Waals surface area contributed by atoms with Crippen LogP contribution < -0.4 is 20.1 Å². The number of sulfonamides is 1. The van der Waals surface area contributed by atoms with Crippen LogP contribution in [-0.2, 0) is 16.4 Å². The van der Waals surface area contributed by atoms with E-state index >= 15 is 0 Å². The van der Waals surface area contributed by atoms with Gasteiger partial charge in [-0.25, -0.2) is 13.1 Å². The van der Waals surface area contributed by atoms with Crippen molar-refractivity contribution >= 4 is 27.6 Å². The number of benzene rings is 1. The Labute approximate surface area is 155 Å². The summed E-state index contributed by atoms with van der Waals surface area (Å²) in [7, 11) is -0.0158. The van der Waals surface area contributed by atoms with Gasteiger partial charge in [0.05, 0.1) is 13.4 Å².